The van der Waals surface area contributed by atoms with Gasteiger partial charge in [0.15, 0.2) is 0 Å². The number of sulfonamides is 1. The molecule has 2 aromatic heterocycles. The molecule has 8 heteroatoms. The van der Waals surface area contributed by atoms with Crippen LogP contribution < -0.4 is 4.72 Å². The highest BCUT2D eigenvalue weighted by molar-refractivity contribution is 7.88. The van der Waals surface area contributed by atoms with Crippen LogP contribution >= 0.6 is 0 Å². The molecule has 2 fully saturated rings. The maximum absolute atomic E-state index is 13.1. The molecule has 1 saturated heterocycles. The van der Waals surface area contributed by atoms with Crippen LogP contribution in [-0.4, -0.2) is 54.0 Å². The zero-order valence-electron chi connectivity index (χ0n) is 15.1. The summed E-state index contributed by atoms with van der Waals surface area (Å²) in [4.78, 5) is 19.4. The Hall–Kier alpha value is -1.93. The van der Waals surface area contributed by atoms with Gasteiger partial charge in [0.25, 0.3) is 5.91 Å². The van der Waals surface area contributed by atoms with Crippen LogP contribution in [0.2, 0.25) is 0 Å². The molecular formula is C18H24N4O3S. The molecule has 140 valence electrons. The minimum atomic E-state index is -3.28. The summed E-state index contributed by atoms with van der Waals surface area (Å²) < 4.78 is 27.7. The molecule has 1 atom stereocenters. The summed E-state index contributed by atoms with van der Waals surface area (Å²) in [5, 5.41) is 0. The molecule has 1 aliphatic carbocycles. The van der Waals surface area contributed by atoms with Crippen LogP contribution in [0.15, 0.2) is 18.3 Å². The number of hydrogen-bond donors (Lipinski definition) is 1. The molecule has 1 amide bonds. The van der Waals surface area contributed by atoms with Crippen molar-refractivity contribution in [3.63, 3.8) is 0 Å². The molecular weight excluding hydrogens is 352 g/mol. The topological polar surface area (TPSA) is 83.8 Å². The molecule has 2 aliphatic rings. The molecule has 0 bridgehead atoms. The number of amides is 1. The number of aryl methyl sites for hydroxylation is 1. The van der Waals surface area contributed by atoms with Gasteiger partial charge < -0.3 is 4.90 Å². The van der Waals surface area contributed by atoms with E-state index in [0.29, 0.717) is 24.6 Å². The van der Waals surface area contributed by atoms with Gasteiger partial charge in [0, 0.05) is 30.7 Å². The number of nitrogens with zero attached hydrogens (tertiary/aromatic N) is 3. The van der Waals surface area contributed by atoms with E-state index in [1.165, 1.54) is 0 Å². The van der Waals surface area contributed by atoms with Crippen molar-refractivity contribution in [1.82, 2.24) is 19.0 Å². The Kier molecular flexibility index (Phi) is 4.27. The number of carbonyl (C=O) groups excluding carboxylic acids is 1. The van der Waals surface area contributed by atoms with Crippen molar-refractivity contribution in [2.75, 3.05) is 19.3 Å². The predicted octanol–water partition coefficient (Wildman–Crippen LogP) is 1.67. The molecule has 0 unspecified atom stereocenters. The number of piperidine rings is 1. The first-order chi connectivity index (χ1) is 12.3. The van der Waals surface area contributed by atoms with Gasteiger partial charge in [-0.3, -0.25) is 9.20 Å². The fraction of sp³-hybridized carbons (Fsp3) is 0.556. The first-order valence-corrected chi connectivity index (χ1v) is 11.0. The molecule has 0 spiro atoms. The monoisotopic (exact) mass is 376 g/mol. The summed E-state index contributed by atoms with van der Waals surface area (Å²) in [6.07, 6.45) is 6.87. The molecule has 3 heterocycles. The minimum absolute atomic E-state index is 0.0418. The van der Waals surface area contributed by atoms with E-state index in [2.05, 4.69) is 14.1 Å². The average Bonchev–Trinajstić information content (AvgIpc) is 3.32. The molecule has 0 radical (unpaired) electrons. The SMILES string of the molecule is Cc1c(C(=O)N2CCC[C@@H](NS(C)(=O)=O)C2)ccc2cnc(C3CC3)n12. The highest BCUT2D eigenvalue weighted by Crippen LogP contribution is 2.40. The zero-order chi connectivity index (χ0) is 18.5. The van der Waals surface area contributed by atoms with Gasteiger partial charge in [-0.2, -0.15) is 0 Å². The second-order valence-electron chi connectivity index (χ2n) is 7.46. The van der Waals surface area contributed by atoms with Crippen LogP contribution in [0.5, 0.6) is 0 Å². The second kappa shape index (κ2) is 6.35. The van der Waals surface area contributed by atoms with Gasteiger partial charge in [0.2, 0.25) is 10.0 Å². The number of rotatable bonds is 4. The number of pyridine rings is 1. The van der Waals surface area contributed by atoms with E-state index in [9.17, 15) is 13.2 Å². The number of nitrogens with one attached hydrogen (secondary N) is 1. The van der Waals surface area contributed by atoms with E-state index in [4.69, 9.17) is 0 Å². The Morgan fingerprint density at radius 2 is 2.04 bits per heavy atom. The van der Waals surface area contributed by atoms with Gasteiger partial charge in [0.1, 0.15) is 5.82 Å². The third kappa shape index (κ3) is 3.35. The standard InChI is InChI=1S/C18H24N4O3S/c1-12-16(8-7-15-10-19-17(22(12)15)13-5-6-13)18(23)21-9-3-4-14(11-21)20-26(2,24)25/h7-8,10,13-14,20H,3-6,9,11H2,1-2H3/t14-/m1/s1. The molecule has 7 nitrogen and oxygen atoms in total. The van der Waals surface area contributed by atoms with E-state index in [0.717, 1.165) is 49.0 Å². The summed E-state index contributed by atoms with van der Waals surface area (Å²) >= 11 is 0. The molecule has 2 aromatic rings. The molecule has 1 aliphatic heterocycles. The van der Waals surface area contributed by atoms with E-state index in [1.807, 2.05) is 25.3 Å². The second-order valence-corrected chi connectivity index (χ2v) is 9.24. The number of fused-ring (bicyclic) bond motifs is 1. The molecule has 0 aromatic carbocycles. The lowest BCUT2D eigenvalue weighted by atomic mass is 10.0. The Labute approximate surface area is 153 Å². The largest absolute Gasteiger partial charge is 0.337 e. The third-order valence-corrected chi connectivity index (χ3v) is 5.99. The van der Waals surface area contributed by atoms with E-state index >= 15 is 0 Å². The van der Waals surface area contributed by atoms with Crippen molar-refractivity contribution in [3.05, 3.63) is 35.4 Å². The van der Waals surface area contributed by atoms with Crippen LogP contribution in [0, 0.1) is 6.92 Å². The van der Waals surface area contributed by atoms with Crippen LogP contribution in [0.4, 0.5) is 0 Å². The van der Waals surface area contributed by atoms with Crippen molar-refractivity contribution in [3.8, 4) is 0 Å². The highest BCUT2D eigenvalue weighted by atomic mass is 32.2. The fourth-order valence-corrected chi connectivity index (χ4v) is 4.66. The van der Waals surface area contributed by atoms with Crippen LogP contribution in [0.1, 0.15) is 53.5 Å². The number of hydrogen-bond acceptors (Lipinski definition) is 4. The lowest BCUT2D eigenvalue weighted by molar-refractivity contribution is 0.0701. The van der Waals surface area contributed by atoms with E-state index < -0.39 is 10.0 Å². The quantitative estimate of drug-likeness (QED) is 0.880. The van der Waals surface area contributed by atoms with Gasteiger partial charge in [-0.05, 0) is 44.7 Å². The lowest BCUT2D eigenvalue weighted by Gasteiger charge is -2.33. The Morgan fingerprint density at radius 1 is 1.27 bits per heavy atom. The van der Waals surface area contributed by atoms with Crippen LogP contribution in [-0.2, 0) is 10.0 Å². The maximum atomic E-state index is 13.1. The summed E-state index contributed by atoms with van der Waals surface area (Å²) in [5.74, 6) is 1.50. The highest BCUT2D eigenvalue weighted by Gasteiger charge is 2.30. The van der Waals surface area contributed by atoms with Crippen LogP contribution in [0.25, 0.3) is 5.52 Å². The van der Waals surface area contributed by atoms with Crippen molar-refractivity contribution in [2.24, 2.45) is 0 Å². The Morgan fingerprint density at radius 3 is 2.73 bits per heavy atom. The normalized spacial score (nSPS) is 21.3. The fourth-order valence-electron chi connectivity index (χ4n) is 3.86. The lowest BCUT2D eigenvalue weighted by Crippen LogP contribution is -2.49. The Bertz CT molecular complexity index is 962. The summed E-state index contributed by atoms with van der Waals surface area (Å²) in [7, 11) is -3.28. The summed E-state index contributed by atoms with van der Waals surface area (Å²) in [6, 6.07) is 3.58. The number of imidazole rings is 1. The van der Waals surface area contributed by atoms with Crippen molar-refractivity contribution < 1.29 is 13.2 Å². The molecule has 4 rings (SSSR count). The molecule has 26 heavy (non-hydrogen) atoms. The van der Waals surface area contributed by atoms with Gasteiger partial charge in [-0.1, -0.05) is 0 Å². The maximum Gasteiger partial charge on any atom is 0.255 e. The van der Waals surface area contributed by atoms with Gasteiger partial charge >= 0.3 is 0 Å². The van der Waals surface area contributed by atoms with Crippen molar-refractivity contribution in [2.45, 2.75) is 44.6 Å². The van der Waals surface area contributed by atoms with Gasteiger partial charge in [0.05, 0.1) is 23.5 Å². The smallest absolute Gasteiger partial charge is 0.255 e. The Balaban J connectivity index is 1.61. The van der Waals surface area contributed by atoms with E-state index in [1.54, 1.807) is 4.90 Å². The van der Waals surface area contributed by atoms with Gasteiger partial charge in [-0.15, -0.1) is 0 Å². The van der Waals surface area contributed by atoms with Crippen LogP contribution in [0.3, 0.4) is 0 Å². The summed E-state index contributed by atoms with van der Waals surface area (Å²) in [6.45, 7) is 3.02. The number of likely N-dealkylation sites (tertiary alicyclic amines) is 1. The van der Waals surface area contributed by atoms with Crippen molar-refractivity contribution >= 4 is 21.4 Å². The minimum Gasteiger partial charge on any atom is -0.337 e. The zero-order valence-corrected chi connectivity index (χ0v) is 15.9. The van der Waals surface area contributed by atoms with E-state index in [-0.39, 0.29) is 11.9 Å². The predicted molar refractivity (Wildman–Crippen MR) is 98.8 cm³/mol. The third-order valence-electron chi connectivity index (χ3n) is 5.22. The van der Waals surface area contributed by atoms with Crippen molar-refractivity contribution in [1.29, 1.82) is 0 Å². The summed E-state index contributed by atoms with van der Waals surface area (Å²) in [5.41, 5.74) is 2.58. The molecule has 1 saturated carbocycles. The first-order valence-electron chi connectivity index (χ1n) is 9.07. The van der Waals surface area contributed by atoms with Gasteiger partial charge in [-0.25, -0.2) is 18.1 Å². The number of aromatic nitrogens is 2. The number of carbonyl (C=O) groups is 1. The first kappa shape index (κ1) is 17.5. The molecule has 1 N–H and O–H groups in total. The average molecular weight is 376 g/mol.